The van der Waals surface area contributed by atoms with Crippen LogP contribution in [0.25, 0.3) is 0 Å². The second-order valence-electron chi connectivity index (χ2n) is 7.11. The lowest BCUT2D eigenvalue weighted by Gasteiger charge is -2.18. The zero-order chi connectivity index (χ0) is 22.1. The van der Waals surface area contributed by atoms with Crippen molar-refractivity contribution >= 4 is 22.6 Å². The number of rotatable bonds is 11. The Balaban J connectivity index is 1.55. The molecule has 1 heterocycles. The third-order valence-electron chi connectivity index (χ3n) is 4.79. The summed E-state index contributed by atoms with van der Waals surface area (Å²) in [5, 5.41) is 7.17. The van der Waals surface area contributed by atoms with E-state index in [4.69, 9.17) is 9.47 Å². The zero-order valence-corrected chi connectivity index (χ0v) is 18.9. The lowest BCUT2D eigenvalue weighted by Crippen LogP contribution is -2.39. The van der Waals surface area contributed by atoms with E-state index < -0.39 is 0 Å². The molecular weight excluding hydrogens is 412 g/mol. The van der Waals surface area contributed by atoms with Gasteiger partial charge in [-0.25, -0.2) is 4.98 Å². The molecule has 1 unspecified atom stereocenters. The smallest absolute Gasteiger partial charge is 0.251 e. The fraction of sp³-hybridized carbons (Fsp3) is 0.348. The summed E-state index contributed by atoms with van der Waals surface area (Å²) in [6, 6.07) is 15.0. The molecule has 164 valence electrons. The minimum absolute atomic E-state index is 0.00895. The van der Waals surface area contributed by atoms with Gasteiger partial charge in [-0.3, -0.25) is 4.79 Å². The number of aromatic nitrogens is 2. The molecule has 31 heavy (non-hydrogen) atoms. The molecule has 2 aromatic carbocycles. The molecule has 0 aliphatic rings. The first-order valence-corrected chi connectivity index (χ1v) is 11.0. The first-order chi connectivity index (χ1) is 15.1. The zero-order valence-electron chi connectivity index (χ0n) is 18.1. The van der Waals surface area contributed by atoms with E-state index in [0.29, 0.717) is 18.5 Å². The SMILES string of the molecule is CCCC(CNc1nc(Cc2cccc(OC)c2)ns1)NC(=O)c1ccc(OC)cc1. The number of ether oxygens (including phenoxy) is 2. The van der Waals surface area contributed by atoms with Crippen molar-refractivity contribution in [3.8, 4) is 11.5 Å². The summed E-state index contributed by atoms with van der Waals surface area (Å²) in [7, 11) is 3.26. The Morgan fingerprint density at radius 1 is 1.10 bits per heavy atom. The number of carbonyl (C=O) groups is 1. The number of nitrogens with one attached hydrogen (secondary N) is 2. The van der Waals surface area contributed by atoms with Crippen LogP contribution >= 0.6 is 11.5 Å². The summed E-state index contributed by atoms with van der Waals surface area (Å²) in [6.45, 7) is 2.69. The Bertz CT molecular complexity index is 975. The van der Waals surface area contributed by atoms with Crippen LogP contribution in [-0.2, 0) is 6.42 Å². The number of anilines is 1. The fourth-order valence-corrected chi connectivity index (χ4v) is 3.75. The Morgan fingerprint density at radius 2 is 1.87 bits per heavy atom. The van der Waals surface area contributed by atoms with Crippen molar-refractivity contribution in [2.75, 3.05) is 26.1 Å². The van der Waals surface area contributed by atoms with Gasteiger partial charge in [0.1, 0.15) is 17.3 Å². The Hall–Kier alpha value is -3.13. The molecular formula is C23H28N4O3S. The van der Waals surface area contributed by atoms with Crippen molar-refractivity contribution in [2.45, 2.75) is 32.2 Å². The van der Waals surface area contributed by atoms with Crippen molar-refractivity contribution in [3.63, 3.8) is 0 Å². The summed E-state index contributed by atoms with van der Waals surface area (Å²) in [5.41, 5.74) is 1.71. The van der Waals surface area contributed by atoms with Crippen LogP contribution in [0.15, 0.2) is 48.5 Å². The summed E-state index contributed by atoms with van der Waals surface area (Å²) < 4.78 is 14.9. The van der Waals surface area contributed by atoms with Crippen molar-refractivity contribution in [3.05, 3.63) is 65.5 Å². The van der Waals surface area contributed by atoms with Crippen LogP contribution < -0.4 is 20.1 Å². The number of nitrogens with zero attached hydrogens (tertiary/aromatic N) is 2. The number of methoxy groups -OCH3 is 2. The molecule has 1 amide bonds. The molecule has 1 atom stereocenters. The highest BCUT2D eigenvalue weighted by atomic mass is 32.1. The van der Waals surface area contributed by atoms with E-state index in [1.165, 1.54) is 11.5 Å². The first kappa shape index (κ1) is 22.6. The van der Waals surface area contributed by atoms with E-state index in [1.54, 1.807) is 38.5 Å². The van der Waals surface area contributed by atoms with Gasteiger partial charge in [-0.05, 0) is 48.4 Å². The van der Waals surface area contributed by atoms with Crippen molar-refractivity contribution < 1.29 is 14.3 Å². The van der Waals surface area contributed by atoms with E-state index >= 15 is 0 Å². The Morgan fingerprint density at radius 3 is 2.58 bits per heavy atom. The average Bonchev–Trinajstić information content (AvgIpc) is 3.25. The molecule has 0 spiro atoms. The van der Waals surface area contributed by atoms with Gasteiger partial charge in [0.25, 0.3) is 5.91 Å². The van der Waals surface area contributed by atoms with E-state index in [2.05, 4.69) is 26.9 Å². The van der Waals surface area contributed by atoms with Gasteiger partial charge in [-0.1, -0.05) is 25.5 Å². The molecule has 1 aromatic heterocycles. The monoisotopic (exact) mass is 440 g/mol. The molecule has 8 heteroatoms. The van der Waals surface area contributed by atoms with E-state index in [1.807, 2.05) is 24.3 Å². The third-order valence-corrected chi connectivity index (χ3v) is 5.50. The van der Waals surface area contributed by atoms with Gasteiger partial charge in [0.15, 0.2) is 0 Å². The molecule has 0 radical (unpaired) electrons. The van der Waals surface area contributed by atoms with Gasteiger partial charge in [0, 0.05) is 36.1 Å². The highest BCUT2D eigenvalue weighted by Gasteiger charge is 2.14. The van der Waals surface area contributed by atoms with Crippen molar-refractivity contribution in [2.24, 2.45) is 0 Å². The van der Waals surface area contributed by atoms with Crippen molar-refractivity contribution in [1.29, 1.82) is 0 Å². The number of carbonyl (C=O) groups excluding carboxylic acids is 1. The van der Waals surface area contributed by atoms with Crippen molar-refractivity contribution in [1.82, 2.24) is 14.7 Å². The number of amides is 1. The van der Waals surface area contributed by atoms with E-state index in [9.17, 15) is 4.79 Å². The van der Waals surface area contributed by atoms with Gasteiger partial charge in [-0.15, -0.1) is 0 Å². The fourth-order valence-electron chi connectivity index (χ4n) is 3.16. The van der Waals surface area contributed by atoms with Gasteiger partial charge in [0.2, 0.25) is 5.13 Å². The number of benzene rings is 2. The van der Waals surface area contributed by atoms with Crippen LogP contribution in [0.5, 0.6) is 11.5 Å². The predicted octanol–water partition coefficient (Wildman–Crippen LogP) is 4.16. The van der Waals surface area contributed by atoms with Gasteiger partial charge < -0.3 is 20.1 Å². The lowest BCUT2D eigenvalue weighted by molar-refractivity contribution is 0.0937. The van der Waals surface area contributed by atoms with Crippen LogP contribution in [0, 0.1) is 0 Å². The summed E-state index contributed by atoms with van der Waals surface area (Å²) >= 11 is 1.33. The second kappa shape index (κ2) is 11.3. The molecule has 0 aliphatic heterocycles. The minimum atomic E-state index is -0.0983. The highest BCUT2D eigenvalue weighted by Crippen LogP contribution is 2.18. The molecule has 0 saturated carbocycles. The van der Waals surface area contributed by atoms with E-state index in [-0.39, 0.29) is 11.9 Å². The van der Waals surface area contributed by atoms with Gasteiger partial charge >= 0.3 is 0 Å². The molecule has 2 N–H and O–H groups in total. The van der Waals surface area contributed by atoms with Crippen LogP contribution in [0.2, 0.25) is 0 Å². The standard InChI is InChI=1S/C23H28N4O3S/c1-4-6-18(25-22(28)17-9-11-19(29-2)12-10-17)15-24-23-26-21(27-31-23)14-16-7-5-8-20(13-16)30-3/h5,7-13,18H,4,6,14-15H2,1-3H3,(H,25,28)(H,24,26,27). The average molecular weight is 441 g/mol. The number of hydrogen-bond donors (Lipinski definition) is 2. The quantitative estimate of drug-likeness (QED) is 0.466. The largest absolute Gasteiger partial charge is 0.497 e. The Labute approximate surface area is 187 Å². The molecule has 0 bridgehead atoms. The topological polar surface area (TPSA) is 85.4 Å². The molecule has 0 saturated heterocycles. The Kier molecular flexibility index (Phi) is 8.23. The maximum absolute atomic E-state index is 12.6. The maximum Gasteiger partial charge on any atom is 0.251 e. The molecule has 0 fully saturated rings. The normalized spacial score (nSPS) is 11.6. The summed E-state index contributed by atoms with van der Waals surface area (Å²) in [5.74, 6) is 2.21. The summed E-state index contributed by atoms with van der Waals surface area (Å²) in [4.78, 5) is 17.2. The van der Waals surface area contributed by atoms with Crippen LogP contribution in [0.1, 0.15) is 41.5 Å². The second-order valence-corrected chi connectivity index (χ2v) is 7.86. The van der Waals surface area contributed by atoms with Crippen LogP contribution in [0.4, 0.5) is 5.13 Å². The number of hydrogen-bond acceptors (Lipinski definition) is 7. The molecule has 3 aromatic rings. The lowest BCUT2D eigenvalue weighted by atomic mass is 10.1. The van der Waals surface area contributed by atoms with Gasteiger partial charge in [0.05, 0.1) is 14.2 Å². The van der Waals surface area contributed by atoms with Crippen LogP contribution in [0.3, 0.4) is 0 Å². The highest BCUT2D eigenvalue weighted by molar-refractivity contribution is 7.09. The van der Waals surface area contributed by atoms with Gasteiger partial charge in [-0.2, -0.15) is 4.37 Å². The summed E-state index contributed by atoms with van der Waals surface area (Å²) in [6.07, 6.45) is 2.47. The third kappa shape index (κ3) is 6.68. The van der Waals surface area contributed by atoms with Crippen LogP contribution in [-0.4, -0.2) is 42.1 Å². The predicted molar refractivity (Wildman–Crippen MR) is 123 cm³/mol. The minimum Gasteiger partial charge on any atom is -0.497 e. The van der Waals surface area contributed by atoms with E-state index in [0.717, 1.165) is 40.9 Å². The molecule has 7 nitrogen and oxygen atoms in total. The molecule has 3 rings (SSSR count). The maximum atomic E-state index is 12.6. The molecule has 0 aliphatic carbocycles. The first-order valence-electron chi connectivity index (χ1n) is 10.3.